The Morgan fingerprint density at radius 2 is 2.00 bits per heavy atom. The summed E-state index contributed by atoms with van der Waals surface area (Å²) in [5.74, 6) is -0.925. The van der Waals surface area contributed by atoms with Crippen LogP contribution < -0.4 is 5.32 Å². The van der Waals surface area contributed by atoms with Crippen molar-refractivity contribution in [3.05, 3.63) is 35.6 Å². The minimum Gasteiger partial charge on any atom is -0.478 e. The van der Waals surface area contributed by atoms with Crippen LogP contribution in [-0.2, 0) is 4.79 Å². The van der Waals surface area contributed by atoms with Crippen LogP contribution in [-0.4, -0.2) is 18.1 Å². The Labute approximate surface area is 84.8 Å². The predicted molar refractivity (Wildman–Crippen MR) is 58.0 cm³/mol. The molecule has 3 heteroatoms. The van der Waals surface area contributed by atoms with Crippen LogP contribution in [0.25, 0.3) is 0 Å². The van der Waals surface area contributed by atoms with Crippen molar-refractivity contribution < 1.29 is 9.90 Å². The van der Waals surface area contributed by atoms with E-state index in [1.54, 1.807) is 6.08 Å². The van der Waals surface area contributed by atoms with E-state index < -0.39 is 5.97 Å². The Morgan fingerprint density at radius 3 is 2.43 bits per heavy atom. The fourth-order valence-corrected chi connectivity index (χ4v) is 0.868. The van der Waals surface area contributed by atoms with Crippen LogP contribution >= 0.6 is 0 Å². The van der Waals surface area contributed by atoms with Crippen LogP contribution in [0, 0.1) is 0 Å². The van der Waals surface area contributed by atoms with Crippen molar-refractivity contribution >= 4 is 5.97 Å². The maximum absolute atomic E-state index is 10.2. The summed E-state index contributed by atoms with van der Waals surface area (Å²) in [6, 6.07) is 0. The van der Waals surface area contributed by atoms with Gasteiger partial charge in [0.25, 0.3) is 0 Å². The molecule has 3 nitrogen and oxygen atoms in total. The zero-order valence-electron chi connectivity index (χ0n) is 8.87. The molecule has 0 fully saturated rings. The van der Waals surface area contributed by atoms with Gasteiger partial charge in [-0.2, -0.15) is 0 Å². The van der Waals surface area contributed by atoms with Crippen LogP contribution in [0.15, 0.2) is 35.6 Å². The zero-order chi connectivity index (χ0) is 11.0. The fraction of sp³-hybridized carbons (Fsp3) is 0.364. The highest BCUT2D eigenvalue weighted by Crippen LogP contribution is 2.00. The van der Waals surface area contributed by atoms with Crippen LogP contribution in [0.4, 0.5) is 0 Å². The van der Waals surface area contributed by atoms with Gasteiger partial charge in [-0.05, 0) is 19.4 Å². The van der Waals surface area contributed by atoms with E-state index >= 15 is 0 Å². The first-order chi connectivity index (χ1) is 6.60. The first-order valence-electron chi connectivity index (χ1n) is 4.56. The number of carboxylic acids is 1. The monoisotopic (exact) mass is 195 g/mol. The van der Waals surface area contributed by atoms with Crippen molar-refractivity contribution in [1.29, 1.82) is 0 Å². The van der Waals surface area contributed by atoms with E-state index in [9.17, 15) is 4.79 Å². The lowest BCUT2D eigenvalue weighted by Gasteiger charge is -2.00. The second-order valence-electron chi connectivity index (χ2n) is 2.88. The lowest BCUT2D eigenvalue weighted by molar-refractivity contribution is -0.131. The van der Waals surface area contributed by atoms with Gasteiger partial charge in [0, 0.05) is 18.8 Å². The maximum Gasteiger partial charge on any atom is 0.328 e. The van der Waals surface area contributed by atoms with E-state index in [0.29, 0.717) is 0 Å². The summed E-state index contributed by atoms with van der Waals surface area (Å²) in [5.41, 5.74) is 2.03. The second kappa shape index (κ2) is 6.95. The van der Waals surface area contributed by atoms with Crippen LogP contribution in [0.2, 0.25) is 0 Å². The third kappa shape index (κ3) is 6.06. The smallest absolute Gasteiger partial charge is 0.328 e. The molecule has 14 heavy (non-hydrogen) atoms. The summed E-state index contributed by atoms with van der Waals surface area (Å²) in [7, 11) is 1.87. The Morgan fingerprint density at radius 1 is 1.36 bits per heavy atom. The Bertz CT molecular complexity index is 269. The largest absolute Gasteiger partial charge is 0.478 e. The van der Waals surface area contributed by atoms with Gasteiger partial charge >= 0.3 is 5.97 Å². The SMILES string of the molecule is CC\C(=C/C=C(C)/C=C/C(=O)O)NC. The minimum absolute atomic E-state index is 0.911. The van der Waals surface area contributed by atoms with Crippen LogP contribution in [0.3, 0.4) is 0 Å². The Hall–Kier alpha value is -1.51. The average Bonchev–Trinajstić information content (AvgIpc) is 2.16. The van der Waals surface area contributed by atoms with Crippen molar-refractivity contribution in [2.75, 3.05) is 7.05 Å². The molecule has 0 aliphatic heterocycles. The van der Waals surface area contributed by atoms with E-state index in [0.717, 1.165) is 23.8 Å². The number of nitrogens with one attached hydrogen (secondary N) is 1. The van der Waals surface area contributed by atoms with Gasteiger partial charge in [-0.25, -0.2) is 4.79 Å². The number of rotatable bonds is 5. The van der Waals surface area contributed by atoms with Crippen molar-refractivity contribution in [1.82, 2.24) is 5.32 Å². The molecule has 0 saturated heterocycles. The molecule has 0 heterocycles. The normalized spacial score (nSPS) is 13.4. The molecule has 0 aromatic rings. The average molecular weight is 195 g/mol. The fourth-order valence-electron chi connectivity index (χ4n) is 0.868. The van der Waals surface area contributed by atoms with Gasteiger partial charge in [0.1, 0.15) is 0 Å². The lowest BCUT2D eigenvalue weighted by Crippen LogP contribution is -2.03. The number of hydrogen-bond acceptors (Lipinski definition) is 2. The molecule has 0 aromatic heterocycles. The third-order valence-electron chi connectivity index (χ3n) is 1.74. The Balaban J connectivity index is 4.37. The lowest BCUT2D eigenvalue weighted by atomic mass is 10.2. The molecular weight excluding hydrogens is 178 g/mol. The van der Waals surface area contributed by atoms with Crippen molar-refractivity contribution in [2.24, 2.45) is 0 Å². The molecule has 0 amide bonds. The predicted octanol–water partition coefficient (Wildman–Crippen LogP) is 2.09. The third-order valence-corrected chi connectivity index (χ3v) is 1.74. The van der Waals surface area contributed by atoms with Gasteiger partial charge < -0.3 is 10.4 Å². The molecule has 2 N–H and O–H groups in total. The second-order valence-corrected chi connectivity index (χ2v) is 2.88. The number of hydrogen-bond donors (Lipinski definition) is 2. The van der Waals surface area contributed by atoms with E-state index in [1.165, 1.54) is 0 Å². The molecule has 0 aliphatic carbocycles. The van der Waals surface area contributed by atoms with Gasteiger partial charge in [-0.1, -0.05) is 24.6 Å². The molecule has 0 aromatic carbocycles. The molecule has 0 atom stereocenters. The molecule has 0 unspecified atom stereocenters. The van der Waals surface area contributed by atoms with E-state index in [-0.39, 0.29) is 0 Å². The summed E-state index contributed by atoms with van der Waals surface area (Å²) >= 11 is 0. The summed E-state index contributed by atoms with van der Waals surface area (Å²) in [6.07, 6.45) is 7.46. The first-order valence-corrected chi connectivity index (χ1v) is 4.56. The molecule has 0 saturated carbocycles. The van der Waals surface area contributed by atoms with Crippen LogP contribution in [0.1, 0.15) is 20.3 Å². The molecule has 78 valence electrons. The maximum atomic E-state index is 10.2. The molecule has 0 bridgehead atoms. The standard InChI is InChI=1S/C11H17NO2/c1-4-10(12-3)7-5-9(2)6-8-11(13)14/h5-8,12H,4H2,1-3H3,(H,13,14)/b8-6+,9-5+,10-7+. The van der Waals surface area contributed by atoms with Gasteiger partial charge in [-0.3, -0.25) is 0 Å². The van der Waals surface area contributed by atoms with E-state index in [2.05, 4.69) is 12.2 Å². The molecule has 0 rings (SSSR count). The van der Waals surface area contributed by atoms with Crippen LogP contribution in [0.5, 0.6) is 0 Å². The number of carbonyl (C=O) groups is 1. The van der Waals surface area contributed by atoms with Crippen molar-refractivity contribution in [2.45, 2.75) is 20.3 Å². The summed E-state index contributed by atoms with van der Waals surface area (Å²) in [5, 5.41) is 11.4. The highest BCUT2D eigenvalue weighted by molar-refractivity contribution is 5.80. The number of carboxylic acid groups (broad SMARTS) is 1. The highest BCUT2D eigenvalue weighted by atomic mass is 16.4. The Kier molecular flexibility index (Phi) is 6.20. The quantitative estimate of drug-likeness (QED) is 0.521. The first kappa shape index (κ1) is 12.5. The molecule has 0 spiro atoms. The molecule has 0 aliphatic rings. The van der Waals surface area contributed by atoms with Crippen molar-refractivity contribution in [3.8, 4) is 0 Å². The van der Waals surface area contributed by atoms with Gasteiger partial charge in [0.2, 0.25) is 0 Å². The van der Waals surface area contributed by atoms with Crippen molar-refractivity contribution in [3.63, 3.8) is 0 Å². The molecular formula is C11H17NO2. The molecule has 0 radical (unpaired) electrons. The number of allylic oxidation sites excluding steroid dienone is 5. The zero-order valence-corrected chi connectivity index (χ0v) is 8.87. The van der Waals surface area contributed by atoms with Gasteiger partial charge in [0.05, 0.1) is 0 Å². The summed E-state index contributed by atoms with van der Waals surface area (Å²) in [6.45, 7) is 3.91. The summed E-state index contributed by atoms with van der Waals surface area (Å²) in [4.78, 5) is 10.2. The minimum atomic E-state index is -0.925. The summed E-state index contributed by atoms with van der Waals surface area (Å²) < 4.78 is 0. The van der Waals surface area contributed by atoms with Gasteiger partial charge in [-0.15, -0.1) is 0 Å². The van der Waals surface area contributed by atoms with E-state index in [1.807, 2.05) is 26.1 Å². The number of aliphatic carboxylic acids is 1. The topological polar surface area (TPSA) is 49.3 Å². The van der Waals surface area contributed by atoms with E-state index in [4.69, 9.17) is 5.11 Å². The van der Waals surface area contributed by atoms with Gasteiger partial charge in [0.15, 0.2) is 0 Å². The highest BCUT2D eigenvalue weighted by Gasteiger charge is 1.87.